The van der Waals surface area contributed by atoms with Gasteiger partial charge in [-0.05, 0) is 5.92 Å². The first-order valence-corrected chi connectivity index (χ1v) is 6.28. The van der Waals surface area contributed by atoms with E-state index in [1.54, 1.807) is 0 Å². The Labute approximate surface area is 116 Å². The fourth-order valence-corrected chi connectivity index (χ4v) is 1.84. The second kappa shape index (κ2) is 6.98. The largest absolute Gasteiger partial charge is 0.409 e. The molecule has 0 fully saturated rings. The van der Waals surface area contributed by atoms with Gasteiger partial charge in [0, 0.05) is 19.5 Å². The van der Waals surface area contributed by atoms with E-state index < -0.39 is 0 Å². The molecule has 106 valence electrons. The molecule has 0 aliphatic rings. The van der Waals surface area contributed by atoms with Gasteiger partial charge in [0.2, 0.25) is 0 Å². The second-order valence-electron chi connectivity index (χ2n) is 4.55. The number of halogens is 1. The molecular weight excluding hydrogens is 270 g/mol. The molecule has 7 nitrogen and oxygen atoms in total. The monoisotopic (exact) mass is 287 g/mol. The Morgan fingerprint density at radius 2 is 2.37 bits per heavy atom. The Morgan fingerprint density at radius 1 is 1.68 bits per heavy atom. The van der Waals surface area contributed by atoms with Gasteiger partial charge >= 0.3 is 0 Å². The van der Waals surface area contributed by atoms with E-state index in [4.69, 9.17) is 22.5 Å². The summed E-state index contributed by atoms with van der Waals surface area (Å²) in [5.74, 6) is 0.879. The number of H-pyrrole nitrogens is 1. The summed E-state index contributed by atoms with van der Waals surface area (Å²) < 4.78 is 0. The number of nitrogens with one attached hydrogen (secondary N) is 1. The normalized spacial score (nSPS) is 11.9. The lowest BCUT2D eigenvalue weighted by atomic mass is 10.2. The Balaban J connectivity index is 2.96. The first-order valence-electron chi connectivity index (χ1n) is 5.90. The van der Waals surface area contributed by atoms with Crippen LogP contribution < -0.4 is 16.2 Å². The van der Waals surface area contributed by atoms with E-state index in [-0.39, 0.29) is 16.4 Å². The molecule has 0 aliphatic carbocycles. The van der Waals surface area contributed by atoms with Crippen LogP contribution in [-0.2, 0) is 0 Å². The number of anilines is 1. The van der Waals surface area contributed by atoms with Gasteiger partial charge in [-0.1, -0.05) is 30.6 Å². The van der Waals surface area contributed by atoms with Crippen LogP contribution in [0.5, 0.6) is 0 Å². The van der Waals surface area contributed by atoms with Crippen molar-refractivity contribution in [3.63, 3.8) is 0 Å². The predicted molar refractivity (Wildman–Crippen MR) is 74.9 cm³/mol. The van der Waals surface area contributed by atoms with Crippen molar-refractivity contribution in [2.24, 2.45) is 16.8 Å². The van der Waals surface area contributed by atoms with Crippen molar-refractivity contribution in [2.75, 3.05) is 18.0 Å². The maximum absolute atomic E-state index is 11.5. The van der Waals surface area contributed by atoms with Gasteiger partial charge in [-0.25, -0.2) is 4.98 Å². The number of rotatable bonds is 6. The number of hydrogen-bond donors (Lipinski definition) is 3. The van der Waals surface area contributed by atoms with Crippen LogP contribution >= 0.6 is 11.6 Å². The third kappa shape index (κ3) is 4.44. The van der Waals surface area contributed by atoms with Crippen LogP contribution in [0.25, 0.3) is 0 Å². The maximum Gasteiger partial charge on any atom is 0.271 e. The number of amidine groups is 1. The molecule has 1 aromatic rings. The van der Waals surface area contributed by atoms with Crippen molar-refractivity contribution in [1.82, 2.24) is 9.97 Å². The van der Waals surface area contributed by atoms with Crippen LogP contribution in [0.15, 0.2) is 16.3 Å². The van der Waals surface area contributed by atoms with Crippen molar-refractivity contribution in [3.8, 4) is 0 Å². The molecule has 0 saturated carbocycles. The molecule has 0 saturated heterocycles. The fraction of sp³-hybridized carbons (Fsp3) is 0.545. The molecule has 1 heterocycles. The molecular formula is C11H18ClN5O2. The summed E-state index contributed by atoms with van der Waals surface area (Å²) in [4.78, 5) is 19.8. The first-order chi connectivity index (χ1) is 8.95. The molecule has 0 aliphatic heterocycles. The molecule has 0 unspecified atom stereocenters. The van der Waals surface area contributed by atoms with Gasteiger partial charge < -0.3 is 20.8 Å². The van der Waals surface area contributed by atoms with Crippen molar-refractivity contribution in [2.45, 2.75) is 20.3 Å². The van der Waals surface area contributed by atoms with Gasteiger partial charge in [-0.3, -0.25) is 4.79 Å². The van der Waals surface area contributed by atoms with Gasteiger partial charge in [0.05, 0.1) is 6.33 Å². The van der Waals surface area contributed by atoms with Crippen molar-refractivity contribution >= 4 is 23.3 Å². The third-order valence-corrected chi connectivity index (χ3v) is 2.77. The highest BCUT2D eigenvalue weighted by Gasteiger charge is 2.16. The first kappa shape index (κ1) is 15.3. The Hall–Kier alpha value is -1.76. The lowest BCUT2D eigenvalue weighted by Gasteiger charge is -2.25. The van der Waals surface area contributed by atoms with E-state index in [1.165, 1.54) is 6.33 Å². The van der Waals surface area contributed by atoms with E-state index >= 15 is 0 Å². The Morgan fingerprint density at radius 3 is 2.95 bits per heavy atom. The van der Waals surface area contributed by atoms with E-state index in [1.807, 2.05) is 18.7 Å². The van der Waals surface area contributed by atoms with E-state index in [0.717, 1.165) is 0 Å². The third-order valence-electron chi connectivity index (χ3n) is 2.43. The number of aromatic amines is 1. The molecule has 1 rings (SSSR count). The minimum Gasteiger partial charge on any atom is -0.409 e. The summed E-state index contributed by atoms with van der Waals surface area (Å²) in [7, 11) is 0. The highest BCUT2D eigenvalue weighted by atomic mass is 35.5. The lowest BCUT2D eigenvalue weighted by molar-refractivity contribution is 0.317. The standard InChI is InChI=1S/C11H18ClN5O2/c1-7(2)5-17(4-3-8(13)16-19)10-9(12)11(18)15-6-14-10/h6-7,19H,3-5H2,1-2H3,(H2,13,16)(H,14,15,18). The average Bonchev–Trinajstić information content (AvgIpc) is 2.37. The zero-order valence-electron chi connectivity index (χ0n) is 10.9. The molecule has 0 bridgehead atoms. The predicted octanol–water partition coefficient (Wildman–Crippen LogP) is 1.02. The smallest absolute Gasteiger partial charge is 0.271 e. The van der Waals surface area contributed by atoms with Crippen LogP contribution in [0.1, 0.15) is 20.3 Å². The molecule has 0 atom stereocenters. The highest BCUT2D eigenvalue weighted by Crippen LogP contribution is 2.19. The topological polar surface area (TPSA) is 108 Å². The number of hydrogen-bond acceptors (Lipinski definition) is 5. The van der Waals surface area contributed by atoms with Gasteiger partial charge in [0.25, 0.3) is 5.56 Å². The van der Waals surface area contributed by atoms with Crippen molar-refractivity contribution in [3.05, 3.63) is 21.7 Å². The van der Waals surface area contributed by atoms with Gasteiger partial charge in [0.15, 0.2) is 5.82 Å². The van der Waals surface area contributed by atoms with Gasteiger partial charge in [-0.2, -0.15) is 0 Å². The SMILES string of the molecule is CC(C)CN(CCC(N)=NO)c1nc[nH]c(=O)c1Cl. The zero-order valence-corrected chi connectivity index (χ0v) is 11.7. The number of nitrogens with zero attached hydrogens (tertiary/aromatic N) is 3. The minimum atomic E-state index is -0.385. The molecule has 0 radical (unpaired) electrons. The van der Waals surface area contributed by atoms with Crippen LogP contribution in [0.4, 0.5) is 5.82 Å². The molecule has 1 aromatic heterocycles. The fourth-order valence-electron chi connectivity index (χ4n) is 1.62. The molecule has 0 spiro atoms. The summed E-state index contributed by atoms with van der Waals surface area (Å²) in [5.41, 5.74) is 5.07. The van der Waals surface area contributed by atoms with Crippen molar-refractivity contribution < 1.29 is 5.21 Å². The lowest BCUT2D eigenvalue weighted by Crippen LogP contribution is -2.33. The van der Waals surface area contributed by atoms with Gasteiger partial charge in [0.1, 0.15) is 10.9 Å². The maximum atomic E-state index is 11.5. The molecule has 0 aromatic carbocycles. The molecule has 19 heavy (non-hydrogen) atoms. The quantitative estimate of drug-likeness (QED) is 0.313. The van der Waals surface area contributed by atoms with E-state index in [9.17, 15) is 4.79 Å². The van der Waals surface area contributed by atoms with E-state index in [2.05, 4.69) is 15.1 Å². The van der Waals surface area contributed by atoms with E-state index in [0.29, 0.717) is 31.2 Å². The Bertz CT molecular complexity index is 500. The number of nitrogens with two attached hydrogens (primary N) is 1. The summed E-state index contributed by atoms with van der Waals surface area (Å²) in [5, 5.41) is 11.5. The molecule has 0 amide bonds. The zero-order chi connectivity index (χ0) is 14.4. The summed E-state index contributed by atoms with van der Waals surface area (Å²) >= 11 is 5.96. The average molecular weight is 288 g/mol. The minimum absolute atomic E-state index is 0.0441. The summed E-state index contributed by atoms with van der Waals surface area (Å²) in [6, 6.07) is 0. The molecule has 8 heteroatoms. The van der Waals surface area contributed by atoms with Crippen LogP contribution in [0, 0.1) is 5.92 Å². The summed E-state index contributed by atoms with van der Waals surface area (Å²) in [6.45, 7) is 5.20. The van der Waals surface area contributed by atoms with Gasteiger partial charge in [-0.15, -0.1) is 0 Å². The second-order valence-corrected chi connectivity index (χ2v) is 4.93. The van der Waals surface area contributed by atoms with Crippen molar-refractivity contribution in [1.29, 1.82) is 0 Å². The van der Waals surface area contributed by atoms with Crippen LogP contribution in [-0.4, -0.2) is 34.1 Å². The van der Waals surface area contributed by atoms with Crippen LogP contribution in [0.3, 0.4) is 0 Å². The Kier molecular flexibility index (Phi) is 5.62. The summed E-state index contributed by atoms with van der Waals surface area (Å²) in [6.07, 6.45) is 1.66. The number of oxime groups is 1. The highest BCUT2D eigenvalue weighted by molar-refractivity contribution is 6.32. The molecule has 4 N–H and O–H groups in total. The number of aromatic nitrogens is 2. The van der Waals surface area contributed by atoms with Crippen LogP contribution in [0.2, 0.25) is 5.02 Å².